The maximum atomic E-state index is 14.3. The van der Waals surface area contributed by atoms with E-state index in [1.807, 2.05) is 13.0 Å². The predicted molar refractivity (Wildman–Crippen MR) is 124 cm³/mol. The summed E-state index contributed by atoms with van der Waals surface area (Å²) in [6.07, 6.45) is -1.31. The van der Waals surface area contributed by atoms with Crippen LogP contribution in [0.5, 0.6) is 0 Å². The third kappa shape index (κ3) is 4.77. The van der Waals surface area contributed by atoms with Crippen LogP contribution >= 0.6 is 23.2 Å². The highest BCUT2D eigenvalue weighted by atomic mass is 35.5. The highest BCUT2D eigenvalue weighted by Crippen LogP contribution is 2.38. The molecular formula is C23H22Cl2FN3O2. The molecule has 8 heteroatoms. The van der Waals surface area contributed by atoms with Crippen molar-refractivity contribution in [1.29, 1.82) is 0 Å². The minimum absolute atomic E-state index is 0.00426. The van der Waals surface area contributed by atoms with Gasteiger partial charge >= 0.3 is 0 Å². The van der Waals surface area contributed by atoms with Crippen molar-refractivity contribution in [3.8, 4) is 11.1 Å². The number of benzene rings is 3. The zero-order valence-electron chi connectivity index (χ0n) is 17.0. The lowest BCUT2D eigenvalue weighted by molar-refractivity contribution is 0.100. The Bertz CT molecular complexity index is 1100. The number of primary amides is 1. The number of halogens is 3. The van der Waals surface area contributed by atoms with Crippen LogP contribution in [-0.4, -0.2) is 24.6 Å². The maximum Gasteiger partial charge on any atom is 0.248 e. The van der Waals surface area contributed by atoms with Crippen LogP contribution in [-0.2, 0) is 0 Å². The number of hydrogen-bond donors (Lipinski definition) is 3. The second-order valence-corrected chi connectivity index (χ2v) is 7.76. The van der Waals surface area contributed by atoms with Gasteiger partial charge in [0.2, 0.25) is 5.91 Å². The van der Waals surface area contributed by atoms with Crippen LogP contribution in [0.15, 0.2) is 54.6 Å². The Hall–Kier alpha value is -2.80. The molecule has 0 saturated carbocycles. The molecule has 162 valence electrons. The lowest BCUT2D eigenvalue weighted by Gasteiger charge is -2.29. The van der Waals surface area contributed by atoms with Crippen molar-refractivity contribution in [1.82, 2.24) is 0 Å². The van der Waals surface area contributed by atoms with E-state index in [1.54, 1.807) is 37.4 Å². The Morgan fingerprint density at radius 2 is 1.90 bits per heavy atom. The lowest BCUT2D eigenvalue weighted by Crippen LogP contribution is -2.26. The largest absolute Gasteiger partial charge is 0.384 e. The summed E-state index contributed by atoms with van der Waals surface area (Å²) in [5.74, 6) is -1.14. The van der Waals surface area contributed by atoms with Crippen molar-refractivity contribution in [2.45, 2.75) is 13.2 Å². The fourth-order valence-electron chi connectivity index (χ4n) is 3.33. The molecule has 0 aliphatic heterocycles. The minimum Gasteiger partial charge on any atom is -0.384 e. The summed E-state index contributed by atoms with van der Waals surface area (Å²) in [6.45, 7) is 2.54. The van der Waals surface area contributed by atoms with Gasteiger partial charge in [-0.3, -0.25) is 4.79 Å². The van der Waals surface area contributed by atoms with E-state index < -0.39 is 18.0 Å². The molecule has 3 aromatic rings. The Kier molecular flexibility index (Phi) is 7.05. The van der Waals surface area contributed by atoms with Crippen LogP contribution in [0.1, 0.15) is 29.1 Å². The number of nitrogens with zero attached hydrogens (tertiary/aromatic N) is 1. The van der Waals surface area contributed by atoms with Crippen LogP contribution in [0, 0.1) is 5.82 Å². The number of nitrogens with two attached hydrogens (primary N) is 1. The number of anilines is 2. The molecule has 0 fully saturated rings. The van der Waals surface area contributed by atoms with Gasteiger partial charge in [0.15, 0.2) is 6.23 Å². The zero-order chi connectivity index (χ0) is 22.7. The van der Waals surface area contributed by atoms with Crippen LogP contribution in [0.2, 0.25) is 10.0 Å². The van der Waals surface area contributed by atoms with Crippen LogP contribution in [0.25, 0.3) is 11.1 Å². The van der Waals surface area contributed by atoms with Gasteiger partial charge < -0.3 is 21.1 Å². The van der Waals surface area contributed by atoms with E-state index in [4.69, 9.17) is 28.9 Å². The van der Waals surface area contributed by atoms with Gasteiger partial charge in [-0.15, -0.1) is 0 Å². The molecule has 0 bridgehead atoms. The van der Waals surface area contributed by atoms with Crippen molar-refractivity contribution in [2.75, 3.05) is 23.8 Å². The molecule has 0 aromatic heterocycles. The summed E-state index contributed by atoms with van der Waals surface area (Å²) in [5, 5.41) is 14.7. The zero-order valence-corrected chi connectivity index (χ0v) is 18.5. The van der Waals surface area contributed by atoms with Crippen molar-refractivity contribution < 1.29 is 14.3 Å². The third-order valence-electron chi connectivity index (χ3n) is 4.93. The molecule has 0 aliphatic rings. The Morgan fingerprint density at radius 3 is 2.55 bits per heavy atom. The van der Waals surface area contributed by atoms with Gasteiger partial charge in [-0.25, -0.2) is 4.39 Å². The van der Waals surface area contributed by atoms with Crippen LogP contribution in [0.3, 0.4) is 0 Å². The lowest BCUT2D eigenvalue weighted by atomic mass is 10.0. The van der Waals surface area contributed by atoms with Crippen LogP contribution in [0.4, 0.5) is 15.8 Å². The molecule has 0 aliphatic carbocycles. The average Bonchev–Trinajstić information content (AvgIpc) is 2.73. The molecule has 1 atom stereocenters. The maximum absolute atomic E-state index is 14.3. The van der Waals surface area contributed by atoms with Crippen molar-refractivity contribution in [3.05, 3.63) is 81.6 Å². The van der Waals surface area contributed by atoms with Gasteiger partial charge in [-0.05, 0) is 55.0 Å². The molecular weight excluding hydrogens is 440 g/mol. The monoisotopic (exact) mass is 461 g/mol. The van der Waals surface area contributed by atoms with Gasteiger partial charge in [0.25, 0.3) is 0 Å². The highest BCUT2D eigenvalue weighted by Gasteiger charge is 2.23. The Balaban J connectivity index is 2.05. The number of amides is 1. The molecule has 1 amide bonds. The van der Waals surface area contributed by atoms with Gasteiger partial charge in [0, 0.05) is 29.7 Å². The number of hydrogen-bond acceptors (Lipinski definition) is 4. The second-order valence-electron chi connectivity index (χ2n) is 6.94. The molecule has 1 unspecified atom stereocenters. The highest BCUT2D eigenvalue weighted by molar-refractivity contribution is 6.33. The summed E-state index contributed by atoms with van der Waals surface area (Å²) < 4.78 is 14.3. The second kappa shape index (κ2) is 9.56. The van der Waals surface area contributed by atoms with Gasteiger partial charge in [0.1, 0.15) is 5.82 Å². The van der Waals surface area contributed by atoms with E-state index >= 15 is 0 Å². The molecule has 0 radical (unpaired) electrons. The van der Waals surface area contributed by atoms with Gasteiger partial charge in [-0.2, -0.15) is 0 Å². The molecule has 3 rings (SSSR count). The molecule has 0 heterocycles. The van der Waals surface area contributed by atoms with E-state index in [0.717, 1.165) is 5.56 Å². The number of nitrogens with one attached hydrogen (secondary N) is 1. The van der Waals surface area contributed by atoms with E-state index in [2.05, 4.69) is 5.32 Å². The van der Waals surface area contributed by atoms with Crippen molar-refractivity contribution >= 4 is 40.5 Å². The topological polar surface area (TPSA) is 78.6 Å². The standard InChI is InChI=1S/C23H22Cl2FN3O2/c1-3-28-19-12-13(15-11-14(22(27)30)7-9-16(15)24)8-10-20(19)29(2)23(31)21-17(25)5-4-6-18(21)26/h4-12,23,28,31H,3H2,1-2H3,(H2,27,30). The summed E-state index contributed by atoms with van der Waals surface area (Å²) in [7, 11) is 1.64. The normalized spacial score (nSPS) is 11.8. The third-order valence-corrected chi connectivity index (χ3v) is 5.59. The number of aliphatic hydroxyl groups is 1. The first-order valence-corrected chi connectivity index (χ1v) is 10.3. The minimum atomic E-state index is -1.31. The number of carbonyl (C=O) groups is 1. The van der Waals surface area contributed by atoms with E-state index in [0.29, 0.717) is 34.1 Å². The molecule has 5 nitrogen and oxygen atoms in total. The smallest absolute Gasteiger partial charge is 0.248 e. The van der Waals surface area contributed by atoms with E-state index in [9.17, 15) is 14.3 Å². The first kappa shape index (κ1) is 22.9. The summed E-state index contributed by atoms with van der Waals surface area (Å²) in [5.41, 5.74) is 8.44. The fraction of sp³-hybridized carbons (Fsp3) is 0.174. The van der Waals surface area contributed by atoms with Gasteiger partial charge in [-0.1, -0.05) is 35.3 Å². The molecule has 0 spiro atoms. The molecule has 4 N–H and O–H groups in total. The SMILES string of the molecule is CCNc1cc(-c2cc(C(N)=O)ccc2Cl)ccc1N(C)C(O)c1c(F)cccc1Cl. The number of rotatable bonds is 7. The molecule has 31 heavy (non-hydrogen) atoms. The van der Waals surface area contributed by atoms with Crippen molar-refractivity contribution in [2.24, 2.45) is 5.73 Å². The van der Waals surface area contributed by atoms with Crippen LogP contribution < -0.4 is 16.0 Å². The van der Waals surface area contributed by atoms with Crippen molar-refractivity contribution in [3.63, 3.8) is 0 Å². The quantitative estimate of drug-likeness (QED) is 0.408. The number of aliphatic hydroxyl groups excluding tert-OH is 1. The Morgan fingerprint density at radius 1 is 1.16 bits per heavy atom. The molecule has 0 saturated heterocycles. The summed E-state index contributed by atoms with van der Waals surface area (Å²) in [6, 6.07) is 14.5. The fourth-order valence-corrected chi connectivity index (χ4v) is 3.81. The van der Waals surface area contributed by atoms with E-state index in [1.165, 1.54) is 23.1 Å². The van der Waals surface area contributed by atoms with Gasteiger partial charge in [0.05, 0.1) is 22.0 Å². The Labute approximate surface area is 190 Å². The number of carbonyl (C=O) groups excluding carboxylic acids is 1. The van der Waals surface area contributed by atoms with E-state index in [-0.39, 0.29) is 10.6 Å². The average molecular weight is 462 g/mol. The summed E-state index contributed by atoms with van der Waals surface area (Å²) in [4.78, 5) is 13.1. The molecule has 3 aromatic carbocycles. The summed E-state index contributed by atoms with van der Waals surface area (Å²) >= 11 is 12.5. The first-order valence-electron chi connectivity index (χ1n) is 9.57. The predicted octanol–water partition coefficient (Wildman–Crippen LogP) is 5.46. The first-order chi connectivity index (χ1) is 14.7.